The normalized spacial score (nSPS) is 13.2. The number of ether oxygens (including phenoxy) is 1. The minimum atomic E-state index is -4.50. The second-order valence-corrected chi connectivity index (χ2v) is 7.42. The minimum absolute atomic E-state index is 0.0480. The molecule has 10 heteroatoms. The molecule has 2 N–H and O–H groups in total. The number of amides is 2. The van der Waals surface area contributed by atoms with Crippen LogP contribution in [-0.4, -0.2) is 48.9 Å². The molecular weight excluding hydrogens is 427 g/mol. The van der Waals surface area contributed by atoms with E-state index in [1.807, 2.05) is 0 Å². The summed E-state index contributed by atoms with van der Waals surface area (Å²) in [5, 5.41) is 5.53. The number of carbonyl (C=O) groups excluding carboxylic acids is 3. The zero-order valence-electron chi connectivity index (χ0n) is 17.2. The number of esters is 1. The standard InChI is InChI=1S/C22H22F3N3O4/c1-28(12-19(29)27-15-9-10-15)20(30)13-32-21(31)17-7-2-3-8-18(17)26-16-6-4-5-14(11-16)22(23,24)25/h2-8,11,15,26H,9-10,12-13H2,1H3,(H,27,29). The molecule has 2 aromatic carbocycles. The molecule has 3 rings (SSSR count). The number of para-hydroxylation sites is 1. The summed E-state index contributed by atoms with van der Waals surface area (Å²) < 4.78 is 43.9. The Bertz CT molecular complexity index is 1010. The molecule has 1 saturated carbocycles. The van der Waals surface area contributed by atoms with Crippen LogP contribution < -0.4 is 10.6 Å². The molecule has 1 aliphatic rings. The van der Waals surface area contributed by atoms with E-state index >= 15 is 0 Å². The molecule has 0 radical (unpaired) electrons. The summed E-state index contributed by atoms with van der Waals surface area (Å²) >= 11 is 0. The fraction of sp³-hybridized carbons (Fsp3) is 0.318. The highest BCUT2D eigenvalue weighted by Gasteiger charge is 2.30. The van der Waals surface area contributed by atoms with Crippen LogP contribution in [0.5, 0.6) is 0 Å². The lowest BCUT2D eigenvalue weighted by molar-refractivity contribution is -0.137. The van der Waals surface area contributed by atoms with Gasteiger partial charge in [0.2, 0.25) is 5.91 Å². The van der Waals surface area contributed by atoms with Gasteiger partial charge in [0.05, 0.1) is 23.4 Å². The van der Waals surface area contributed by atoms with Gasteiger partial charge in [-0.05, 0) is 43.2 Å². The van der Waals surface area contributed by atoms with E-state index in [-0.39, 0.29) is 35.4 Å². The van der Waals surface area contributed by atoms with E-state index in [0.717, 1.165) is 29.9 Å². The Morgan fingerprint density at radius 3 is 2.50 bits per heavy atom. The number of carbonyl (C=O) groups is 3. The highest BCUT2D eigenvalue weighted by atomic mass is 19.4. The van der Waals surface area contributed by atoms with Gasteiger partial charge in [-0.1, -0.05) is 18.2 Å². The van der Waals surface area contributed by atoms with E-state index in [1.54, 1.807) is 12.1 Å². The van der Waals surface area contributed by atoms with Crippen molar-refractivity contribution in [1.82, 2.24) is 10.2 Å². The highest BCUT2D eigenvalue weighted by molar-refractivity contribution is 5.97. The zero-order chi connectivity index (χ0) is 23.3. The largest absolute Gasteiger partial charge is 0.452 e. The number of hydrogen-bond acceptors (Lipinski definition) is 5. The van der Waals surface area contributed by atoms with Crippen LogP contribution in [-0.2, 0) is 20.5 Å². The molecular formula is C22H22F3N3O4. The number of benzene rings is 2. The maximum Gasteiger partial charge on any atom is 0.416 e. The van der Waals surface area contributed by atoms with E-state index in [2.05, 4.69) is 10.6 Å². The quantitative estimate of drug-likeness (QED) is 0.604. The predicted molar refractivity (Wildman–Crippen MR) is 110 cm³/mol. The fourth-order valence-corrected chi connectivity index (χ4v) is 2.82. The third-order valence-corrected chi connectivity index (χ3v) is 4.69. The lowest BCUT2D eigenvalue weighted by atomic mass is 10.1. The molecule has 170 valence electrons. The molecule has 1 fully saturated rings. The summed E-state index contributed by atoms with van der Waals surface area (Å²) in [5.41, 5.74) is -0.423. The summed E-state index contributed by atoms with van der Waals surface area (Å²) in [6.45, 7) is -0.732. The van der Waals surface area contributed by atoms with Gasteiger partial charge in [-0.2, -0.15) is 13.2 Å². The van der Waals surface area contributed by atoms with E-state index < -0.39 is 30.2 Å². The van der Waals surface area contributed by atoms with Gasteiger partial charge >= 0.3 is 12.1 Å². The van der Waals surface area contributed by atoms with Gasteiger partial charge in [0.25, 0.3) is 5.91 Å². The number of anilines is 2. The first-order chi connectivity index (χ1) is 15.1. The van der Waals surface area contributed by atoms with E-state index in [4.69, 9.17) is 4.74 Å². The Labute approximate surface area is 182 Å². The molecule has 2 aromatic rings. The van der Waals surface area contributed by atoms with Crippen LogP contribution in [0.15, 0.2) is 48.5 Å². The van der Waals surface area contributed by atoms with Crippen LogP contribution in [0, 0.1) is 0 Å². The van der Waals surface area contributed by atoms with Crippen molar-refractivity contribution in [3.05, 3.63) is 59.7 Å². The van der Waals surface area contributed by atoms with E-state index in [1.165, 1.54) is 31.3 Å². The molecule has 1 aliphatic carbocycles. The average Bonchev–Trinajstić information content (AvgIpc) is 3.55. The van der Waals surface area contributed by atoms with Crippen molar-refractivity contribution in [2.75, 3.05) is 25.5 Å². The number of halogens is 3. The number of nitrogens with zero attached hydrogens (tertiary/aromatic N) is 1. The monoisotopic (exact) mass is 449 g/mol. The van der Waals surface area contributed by atoms with Crippen LogP contribution in [0.2, 0.25) is 0 Å². The van der Waals surface area contributed by atoms with Crippen molar-refractivity contribution in [2.45, 2.75) is 25.1 Å². The second kappa shape index (κ2) is 9.71. The smallest absolute Gasteiger partial charge is 0.416 e. The molecule has 0 spiro atoms. The topological polar surface area (TPSA) is 87.7 Å². The van der Waals surface area contributed by atoms with Gasteiger partial charge in [0, 0.05) is 18.8 Å². The maximum atomic E-state index is 12.9. The van der Waals surface area contributed by atoms with Gasteiger partial charge < -0.3 is 20.3 Å². The molecule has 0 heterocycles. The van der Waals surface area contributed by atoms with Crippen LogP contribution in [0.25, 0.3) is 0 Å². The molecule has 0 saturated heterocycles. The zero-order valence-corrected chi connectivity index (χ0v) is 17.2. The molecule has 0 atom stereocenters. The van der Waals surface area contributed by atoms with E-state index in [9.17, 15) is 27.6 Å². The number of hydrogen-bond donors (Lipinski definition) is 2. The average molecular weight is 449 g/mol. The van der Waals surface area contributed by atoms with Gasteiger partial charge in [-0.25, -0.2) is 4.79 Å². The Hall–Kier alpha value is -3.56. The maximum absolute atomic E-state index is 12.9. The van der Waals surface area contributed by atoms with Gasteiger partial charge in [-0.3, -0.25) is 9.59 Å². The number of likely N-dealkylation sites (N-methyl/N-ethyl adjacent to an activating group) is 1. The first-order valence-corrected chi connectivity index (χ1v) is 9.87. The molecule has 2 amide bonds. The summed E-state index contributed by atoms with van der Waals surface area (Å²) in [7, 11) is 1.42. The summed E-state index contributed by atoms with van der Waals surface area (Å²) in [4.78, 5) is 37.6. The van der Waals surface area contributed by atoms with Crippen molar-refractivity contribution < 1.29 is 32.3 Å². The minimum Gasteiger partial charge on any atom is -0.452 e. The molecule has 0 unspecified atom stereocenters. The Kier molecular flexibility index (Phi) is 7.01. The third-order valence-electron chi connectivity index (χ3n) is 4.69. The SMILES string of the molecule is CN(CC(=O)NC1CC1)C(=O)COC(=O)c1ccccc1Nc1cccc(C(F)(F)F)c1. The molecule has 32 heavy (non-hydrogen) atoms. The first-order valence-electron chi connectivity index (χ1n) is 9.87. The third kappa shape index (κ3) is 6.47. The second-order valence-electron chi connectivity index (χ2n) is 7.42. The summed E-state index contributed by atoms with van der Waals surface area (Å²) in [6.07, 6.45) is -2.65. The van der Waals surface area contributed by atoms with E-state index in [0.29, 0.717) is 0 Å². The number of nitrogens with one attached hydrogen (secondary N) is 2. The highest BCUT2D eigenvalue weighted by Crippen LogP contribution is 2.32. The number of alkyl halides is 3. The van der Waals surface area contributed by atoms with Crippen LogP contribution >= 0.6 is 0 Å². The summed E-state index contributed by atoms with van der Waals surface area (Å²) in [6, 6.07) is 10.8. The Morgan fingerprint density at radius 2 is 1.81 bits per heavy atom. The van der Waals surface area contributed by atoms with Crippen LogP contribution in [0.4, 0.5) is 24.5 Å². The number of rotatable bonds is 8. The first kappa shape index (κ1) is 23.1. The van der Waals surface area contributed by atoms with Crippen LogP contribution in [0.3, 0.4) is 0 Å². The van der Waals surface area contributed by atoms with Crippen molar-refractivity contribution in [3.63, 3.8) is 0 Å². The van der Waals surface area contributed by atoms with Crippen molar-refractivity contribution >= 4 is 29.2 Å². The lowest BCUT2D eigenvalue weighted by Gasteiger charge is -2.17. The van der Waals surface area contributed by atoms with Gasteiger partial charge in [-0.15, -0.1) is 0 Å². The molecule has 0 aliphatic heterocycles. The fourth-order valence-electron chi connectivity index (χ4n) is 2.82. The van der Waals surface area contributed by atoms with Crippen molar-refractivity contribution in [2.24, 2.45) is 0 Å². The summed E-state index contributed by atoms with van der Waals surface area (Å²) in [5.74, 6) is -1.68. The van der Waals surface area contributed by atoms with Gasteiger partial charge in [0.1, 0.15) is 0 Å². The van der Waals surface area contributed by atoms with Crippen LogP contribution in [0.1, 0.15) is 28.8 Å². The predicted octanol–water partition coefficient (Wildman–Crippen LogP) is 3.34. The van der Waals surface area contributed by atoms with Gasteiger partial charge in [0.15, 0.2) is 6.61 Å². The van der Waals surface area contributed by atoms with Crippen molar-refractivity contribution in [3.8, 4) is 0 Å². The van der Waals surface area contributed by atoms with Crippen molar-refractivity contribution in [1.29, 1.82) is 0 Å². The molecule has 0 bridgehead atoms. The molecule has 0 aromatic heterocycles. The lowest BCUT2D eigenvalue weighted by Crippen LogP contribution is -2.40. The Balaban J connectivity index is 1.60. The molecule has 7 nitrogen and oxygen atoms in total. The Morgan fingerprint density at radius 1 is 1.09 bits per heavy atom.